The van der Waals surface area contributed by atoms with E-state index in [0.29, 0.717) is 0 Å². The Morgan fingerprint density at radius 3 is 2.09 bits per heavy atom. The Hall–Kier alpha value is -0.260. The lowest BCUT2D eigenvalue weighted by Gasteiger charge is -2.10. The molecule has 66 valence electrons. The molecule has 0 heteroatoms. The Bertz CT molecular complexity index is 129. The quantitative estimate of drug-likeness (QED) is 0.533. The maximum absolute atomic E-state index is 2.27. The molecular formula is C11H22. The maximum atomic E-state index is 2.27. The van der Waals surface area contributed by atoms with Crippen molar-refractivity contribution < 1.29 is 0 Å². The van der Waals surface area contributed by atoms with Crippen molar-refractivity contribution in [2.75, 3.05) is 0 Å². The third kappa shape index (κ3) is 4.23. The fourth-order valence-corrected chi connectivity index (χ4v) is 1.13. The molecule has 0 saturated carbocycles. The van der Waals surface area contributed by atoms with Gasteiger partial charge in [-0.25, -0.2) is 0 Å². The summed E-state index contributed by atoms with van der Waals surface area (Å²) in [6, 6.07) is 0. The van der Waals surface area contributed by atoms with Gasteiger partial charge < -0.3 is 0 Å². The van der Waals surface area contributed by atoms with E-state index in [0.717, 1.165) is 5.92 Å². The number of hydrogen-bond acceptors (Lipinski definition) is 0. The number of allylic oxidation sites excluding steroid dienone is 2. The largest absolute Gasteiger partial charge is 0.0741 e. The standard InChI is InChI=1S/C11H22/c1-6-7-8-10(4)11(5)9(2)3/h9H,6-8H2,1-5H3. The third-order valence-electron chi connectivity index (χ3n) is 2.44. The second-order valence-electron chi connectivity index (χ2n) is 3.72. The molecule has 0 bridgehead atoms. The molecule has 0 atom stereocenters. The molecule has 0 radical (unpaired) electrons. The van der Waals surface area contributed by atoms with Crippen LogP contribution in [0.3, 0.4) is 0 Å². The Labute approximate surface area is 71.7 Å². The summed E-state index contributed by atoms with van der Waals surface area (Å²) in [7, 11) is 0. The van der Waals surface area contributed by atoms with E-state index in [2.05, 4.69) is 34.6 Å². The highest BCUT2D eigenvalue weighted by Crippen LogP contribution is 2.17. The normalized spacial score (nSPS) is 13.6. The van der Waals surface area contributed by atoms with Crippen LogP contribution in [-0.2, 0) is 0 Å². The van der Waals surface area contributed by atoms with Crippen LogP contribution in [-0.4, -0.2) is 0 Å². The smallest absolute Gasteiger partial charge is 0.0260 e. The van der Waals surface area contributed by atoms with Crippen molar-refractivity contribution >= 4 is 0 Å². The SMILES string of the molecule is CCCCC(C)=C(C)C(C)C. The summed E-state index contributed by atoms with van der Waals surface area (Å²) in [6.07, 6.45) is 3.94. The molecule has 0 rings (SSSR count). The third-order valence-corrected chi connectivity index (χ3v) is 2.44. The Balaban J connectivity index is 3.94. The van der Waals surface area contributed by atoms with Crippen molar-refractivity contribution in [1.82, 2.24) is 0 Å². The summed E-state index contributed by atoms with van der Waals surface area (Å²) in [5, 5.41) is 0. The van der Waals surface area contributed by atoms with Gasteiger partial charge in [-0.15, -0.1) is 0 Å². The van der Waals surface area contributed by atoms with Crippen LogP contribution in [0.1, 0.15) is 53.9 Å². The summed E-state index contributed by atoms with van der Waals surface area (Å²) >= 11 is 0. The first-order valence-electron chi connectivity index (χ1n) is 4.75. The topological polar surface area (TPSA) is 0 Å². The van der Waals surface area contributed by atoms with Gasteiger partial charge in [0.05, 0.1) is 0 Å². The molecule has 0 saturated heterocycles. The molecule has 0 aliphatic carbocycles. The summed E-state index contributed by atoms with van der Waals surface area (Å²) in [5.41, 5.74) is 3.18. The first-order valence-corrected chi connectivity index (χ1v) is 4.75. The molecule has 11 heavy (non-hydrogen) atoms. The molecule has 0 nitrogen and oxygen atoms in total. The lowest BCUT2D eigenvalue weighted by atomic mass is 9.97. The number of rotatable bonds is 4. The number of unbranched alkanes of at least 4 members (excludes halogenated alkanes) is 1. The van der Waals surface area contributed by atoms with Gasteiger partial charge in [-0.05, 0) is 32.6 Å². The monoisotopic (exact) mass is 154 g/mol. The molecule has 0 aromatic heterocycles. The van der Waals surface area contributed by atoms with Crippen molar-refractivity contribution in [1.29, 1.82) is 0 Å². The van der Waals surface area contributed by atoms with E-state index in [9.17, 15) is 0 Å². The highest BCUT2D eigenvalue weighted by molar-refractivity contribution is 5.11. The highest BCUT2D eigenvalue weighted by Gasteiger charge is 2.00. The Kier molecular flexibility index (Phi) is 5.27. The van der Waals surface area contributed by atoms with Crippen LogP contribution in [0.25, 0.3) is 0 Å². The Morgan fingerprint density at radius 1 is 1.18 bits per heavy atom. The van der Waals surface area contributed by atoms with Crippen LogP contribution in [0.4, 0.5) is 0 Å². The Morgan fingerprint density at radius 2 is 1.73 bits per heavy atom. The predicted octanol–water partition coefficient (Wildman–Crippen LogP) is 4.17. The molecule has 0 heterocycles. The molecule has 0 aromatic rings. The van der Waals surface area contributed by atoms with Gasteiger partial charge >= 0.3 is 0 Å². The van der Waals surface area contributed by atoms with Crippen LogP contribution in [0.5, 0.6) is 0 Å². The van der Waals surface area contributed by atoms with Gasteiger partial charge in [-0.1, -0.05) is 38.3 Å². The van der Waals surface area contributed by atoms with E-state index in [1.54, 1.807) is 11.1 Å². The lowest BCUT2D eigenvalue weighted by Crippen LogP contribution is -1.93. The first kappa shape index (κ1) is 10.7. The van der Waals surface area contributed by atoms with E-state index in [1.807, 2.05) is 0 Å². The molecule has 0 fully saturated rings. The van der Waals surface area contributed by atoms with E-state index in [-0.39, 0.29) is 0 Å². The van der Waals surface area contributed by atoms with E-state index in [4.69, 9.17) is 0 Å². The number of hydrogen-bond donors (Lipinski definition) is 0. The van der Waals surface area contributed by atoms with Gasteiger partial charge in [0.1, 0.15) is 0 Å². The molecule has 0 N–H and O–H groups in total. The fraction of sp³-hybridized carbons (Fsp3) is 0.818. The van der Waals surface area contributed by atoms with E-state index in [1.165, 1.54) is 19.3 Å². The fourth-order valence-electron chi connectivity index (χ4n) is 1.13. The van der Waals surface area contributed by atoms with Gasteiger partial charge in [0, 0.05) is 0 Å². The van der Waals surface area contributed by atoms with Gasteiger partial charge in [-0.3, -0.25) is 0 Å². The minimum atomic E-state index is 0.729. The molecule has 0 aromatic carbocycles. The minimum absolute atomic E-state index is 0.729. The van der Waals surface area contributed by atoms with Crippen LogP contribution >= 0.6 is 0 Å². The molecular weight excluding hydrogens is 132 g/mol. The zero-order valence-electron chi connectivity index (χ0n) is 8.70. The van der Waals surface area contributed by atoms with Crippen molar-refractivity contribution in [3.05, 3.63) is 11.1 Å². The zero-order chi connectivity index (χ0) is 8.85. The summed E-state index contributed by atoms with van der Waals surface area (Å²) < 4.78 is 0. The molecule has 0 unspecified atom stereocenters. The van der Waals surface area contributed by atoms with Crippen molar-refractivity contribution in [3.63, 3.8) is 0 Å². The summed E-state index contributed by atoms with van der Waals surface area (Å²) in [4.78, 5) is 0. The average molecular weight is 154 g/mol. The van der Waals surface area contributed by atoms with Crippen LogP contribution < -0.4 is 0 Å². The molecule has 0 aliphatic rings. The second kappa shape index (κ2) is 5.40. The minimum Gasteiger partial charge on any atom is -0.0741 e. The van der Waals surface area contributed by atoms with Crippen molar-refractivity contribution in [2.45, 2.75) is 53.9 Å². The van der Waals surface area contributed by atoms with Crippen LogP contribution in [0.2, 0.25) is 0 Å². The van der Waals surface area contributed by atoms with Gasteiger partial charge in [0.15, 0.2) is 0 Å². The maximum Gasteiger partial charge on any atom is -0.0260 e. The second-order valence-corrected chi connectivity index (χ2v) is 3.72. The van der Waals surface area contributed by atoms with Gasteiger partial charge in [0.2, 0.25) is 0 Å². The average Bonchev–Trinajstić information content (AvgIpc) is 1.98. The molecule has 0 aliphatic heterocycles. The molecule has 0 amide bonds. The highest BCUT2D eigenvalue weighted by atomic mass is 14.1. The van der Waals surface area contributed by atoms with Crippen LogP contribution in [0.15, 0.2) is 11.1 Å². The lowest BCUT2D eigenvalue weighted by molar-refractivity contribution is 0.719. The first-order chi connectivity index (χ1) is 5.09. The predicted molar refractivity (Wildman–Crippen MR) is 52.7 cm³/mol. The summed E-state index contributed by atoms with van der Waals surface area (Å²) in [5.74, 6) is 0.729. The van der Waals surface area contributed by atoms with Gasteiger partial charge in [-0.2, -0.15) is 0 Å². The zero-order valence-corrected chi connectivity index (χ0v) is 8.70. The van der Waals surface area contributed by atoms with E-state index < -0.39 is 0 Å². The van der Waals surface area contributed by atoms with Gasteiger partial charge in [0.25, 0.3) is 0 Å². The van der Waals surface area contributed by atoms with E-state index >= 15 is 0 Å². The summed E-state index contributed by atoms with van der Waals surface area (Å²) in [6.45, 7) is 11.3. The van der Waals surface area contributed by atoms with Crippen molar-refractivity contribution in [2.24, 2.45) is 5.92 Å². The molecule has 0 spiro atoms. The van der Waals surface area contributed by atoms with Crippen molar-refractivity contribution in [3.8, 4) is 0 Å². The van der Waals surface area contributed by atoms with Crippen LogP contribution in [0, 0.1) is 5.92 Å².